The summed E-state index contributed by atoms with van der Waals surface area (Å²) in [5, 5.41) is 15.3. The zero-order valence-electron chi connectivity index (χ0n) is 17.6. The average molecular weight is 412 g/mol. The lowest BCUT2D eigenvalue weighted by atomic mass is 10.1. The molecule has 0 aromatic heterocycles. The number of anilines is 1. The number of nitrogens with one attached hydrogen (secondary N) is 2. The molecular formula is C26H25N3O2. The van der Waals surface area contributed by atoms with Crippen LogP contribution in [0.2, 0.25) is 0 Å². The van der Waals surface area contributed by atoms with E-state index in [0.717, 1.165) is 17.7 Å². The van der Waals surface area contributed by atoms with Crippen molar-refractivity contribution < 1.29 is 9.53 Å². The number of rotatable bonds is 8. The van der Waals surface area contributed by atoms with Crippen LogP contribution >= 0.6 is 0 Å². The lowest BCUT2D eigenvalue weighted by molar-refractivity contribution is -0.112. The molecule has 3 aromatic rings. The van der Waals surface area contributed by atoms with Crippen LogP contribution in [0.5, 0.6) is 11.5 Å². The van der Waals surface area contributed by atoms with E-state index in [1.54, 1.807) is 24.3 Å². The maximum Gasteiger partial charge on any atom is 0.267 e. The van der Waals surface area contributed by atoms with E-state index in [2.05, 4.69) is 41.8 Å². The van der Waals surface area contributed by atoms with E-state index >= 15 is 0 Å². The highest BCUT2D eigenvalue weighted by Crippen LogP contribution is 2.23. The number of nitrogens with zero attached hydrogens (tertiary/aromatic N) is 1. The molecule has 0 spiro atoms. The maximum absolute atomic E-state index is 12.5. The smallest absolute Gasteiger partial charge is 0.267 e. The highest BCUT2D eigenvalue weighted by Gasteiger charge is 2.11. The fourth-order valence-corrected chi connectivity index (χ4v) is 2.92. The second-order valence-electron chi connectivity index (χ2n) is 7.05. The fourth-order valence-electron chi connectivity index (χ4n) is 2.92. The summed E-state index contributed by atoms with van der Waals surface area (Å²) in [6.07, 6.45) is 2.45. The van der Waals surface area contributed by atoms with Gasteiger partial charge in [0.05, 0.1) is 0 Å². The van der Waals surface area contributed by atoms with Crippen molar-refractivity contribution in [2.24, 2.45) is 0 Å². The Morgan fingerprint density at radius 3 is 2.26 bits per heavy atom. The molecule has 3 aromatic carbocycles. The minimum Gasteiger partial charge on any atom is -0.457 e. The molecule has 1 amide bonds. The SMILES string of the molecule is CCc1ccc(C(C)N/C=C(/C#N)C(=O)Nc2ccc(Oc3ccccc3)cc2)cc1. The number of hydrogen-bond acceptors (Lipinski definition) is 4. The van der Waals surface area contributed by atoms with Crippen LogP contribution in [0.1, 0.15) is 31.0 Å². The Labute approximate surface area is 183 Å². The lowest BCUT2D eigenvalue weighted by Gasteiger charge is -2.13. The van der Waals surface area contributed by atoms with E-state index in [1.165, 1.54) is 11.8 Å². The molecule has 5 nitrogen and oxygen atoms in total. The van der Waals surface area contributed by atoms with Gasteiger partial charge in [-0.25, -0.2) is 0 Å². The van der Waals surface area contributed by atoms with E-state index in [-0.39, 0.29) is 11.6 Å². The second kappa shape index (κ2) is 10.7. The number of amides is 1. The molecule has 5 heteroatoms. The number of aryl methyl sites for hydroxylation is 1. The summed E-state index contributed by atoms with van der Waals surface area (Å²) in [7, 11) is 0. The van der Waals surface area contributed by atoms with Gasteiger partial charge in [-0.2, -0.15) is 5.26 Å². The Kier molecular flexibility index (Phi) is 7.45. The largest absolute Gasteiger partial charge is 0.457 e. The minimum atomic E-state index is -0.472. The first kappa shape index (κ1) is 21.7. The summed E-state index contributed by atoms with van der Waals surface area (Å²) >= 11 is 0. The molecule has 0 aliphatic heterocycles. The number of carbonyl (C=O) groups is 1. The van der Waals surface area contributed by atoms with Gasteiger partial charge in [0, 0.05) is 17.9 Å². The molecule has 156 valence electrons. The van der Waals surface area contributed by atoms with Crippen molar-refractivity contribution in [1.82, 2.24) is 5.32 Å². The van der Waals surface area contributed by atoms with Gasteiger partial charge in [0.1, 0.15) is 23.1 Å². The Balaban J connectivity index is 1.59. The molecule has 0 fully saturated rings. The third-order valence-electron chi connectivity index (χ3n) is 4.82. The van der Waals surface area contributed by atoms with Crippen LogP contribution in [0.25, 0.3) is 0 Å². The minimum absolute atomic E-state index is 0.00152. The maximum atomic E-state index is 12.5. The highest BCUT2D eigenvalue weighted by atomic mass is 16.5. The molecule has 0 aliphatic rings. The average Bonchev–Trinajstić information content (AvgIpc) is 2.81. The number of para-hydroxylation sites is 1. The first-order chi connectivity index (χ1) is 15.1. The molecule has 0 aliphatic carbocycles. The van der Waals surface area contributed by atoms with Crippen LogP contribution in [0, 0.1) is 11.3 Å². The third-order valence-corrected chi connectivity index (χ3v) is 4.82. The summed E-state index contributed by atoms with van der Waals surface area (Å²) in [6, 6.07) is 26.6. The number of hydrogen-bond donors (Lipinski definition) is 2. The van der Waals surface area contributed by atoms with Crippen LogP contribution in [0.15, 0.2) is 90.6 Å². The quantitative estimate of drug-likeness (QED) is 0.366. The van der Waals surface area contributed by atoms with Crippen molar-refractivity contribution in [3.8, 4) is 17.6 Å². The number of ether oxygens (including phenoxy) is 1. The van der Waals surface area contributed by atoms with Crippen LogP contribution in [0.4, 0.5) is 5.69 Å². The number of benzene rings is 3. The predicted octanol–water partition coefficient (Wildman–Crippen LogP) is 5.74. The van der Waals surface area contributed by atoms with Gasteiger partial charge >= 0.3 is 0 Å². The van der Waals surface area contributed by atoms with Crippen molar-refractivity contribution in [2.45, 2.75) is 26.3 Å². The Morgan fingerprint density at radius 2 is 1.65 bits per heavy atom. The molecular weight excluding hydrogens is 386 g/mol. The van der Waals surface area contributed by atoms with Crippen molar-refractivity contribution in [2.75, 3.05) is 5.32 Å². The zero-order chi connectivity index (χ0) is 22.1. The normalized spacial score (nSPS) is 11.8. The fraction of sp³-hybridized carbons (Fsp3) is 0.154. The molecule has 0 heterocycles. The Bertz CT molecular complexity index is 1070. The molecule has 3 rings (SSSR count). The van der Waals surface area contributed by atoms with Gasteiger partial charge in [-0.3, -0.25) is 4.79 Å². The van der Waals surface area contributed by atoms with Gasteiger partial charge in [-0.05, 0) is 60.9 Å². The topological polar surface area (TPSA) is 74.2 Å². The number of carbonyl (C=O) groups excluding carboxylic acids is 1. The molecule has 1 unspecified atom stereocenters. The van der Waals surface area contributed by atoms with Gasteiger partial charge in [0.2, 0.25) is 0 Å². The van der Waals surface area contributed by atoms with Gasteiger partial charge in [0.25, 0.3) is 5.91 Å². The predicted molar refractivity (Wildman–Crippen MR) is 123 cm³/mol. The molecule has 31 heavy (non-hydrogen) atoms. The summed E-state index contributed by atoms with van der Waals surface area (Å²) in [5.74, 6) is 0.920. The van der Waals surface area contributed by atoms with Crippen LogP contribution in [0.3, 0.4) is 0 Å². The summed E-state index contributed by atoms with van der Waals surface area (Å²) in [4.78, 5) is 12.5. The molecule has 0 radical (unpaired) electrons. The molecule has 0 saturated heterocycles. The van der Waals surface area contributed by atoms with Crippen molar-refractivity contribution in [3.63, 3.8) is 0 Å². The van der Waals surface area contributed by atoms with E-state index in [4.69, 9.17) is 4.74 Å². The van der Waals surface area contributed by atoms with E-state index in [9.17, 15) is 10.1 Å². The molecule has 2 N–H and O–H groups in total. The van der Waals surface area contributed by atoms with E-state index in [0.29, 0.717) is 11.4 Å². The zero-order valence-corrected chi connectivity index (χ0v) is 17.6. The second-order valence-corrected chi connectivity index (χ2v) is 7.05. The van der Waals surface area contributed by atoms with Gasteiger partial charge in [-0.15, -0.1) is 0 Å². The van der Waals surface area contributed by atoms with Crippen LogP contribution in [-0.4, -0.2) is 5.91 Å². The van der Waals surface area contributed by atoms with Crippen molar-refractivity contribution in [3.05, 3.63) is 102 Å². The Morgan fingerprint density at radius 1 is 1.00 bits per heavy atom. The monoisotopic (exact) mass is 411 g/mol. The van der Waals surface area contributed by atoms with Gasteiger partial charge in [-0.1, -0.05) is 49.4 Å². The van der Waals surface area contributed by atoms with Crippen molar-refractivity contribution >= 4 is 11.6 Å². The van der Waals surface area contributed by atoms with E-state index < -0.39 is 5.91 Å². The lowest BCUT2D eigenvalue weighted by Crippen LogP contribution is -2.18. The summed E-state index contributed by atoms with van der Waals surface area (Å²) in [6.45, 7) is 4.09. The first-order valence-corrected chi connectivity index (χ1v) is 10.2. The molecule has 1 atom stereocenters. The van der Waals surface area contributed by atoms with E-state index in [1.807, 2.05) is 43.3 Å². The van der Waals surface area contributed by atoms with Gasteiger partial charge < -0.3 is 15.4 Å². The van der Waals surface area contributed by atoms with Gasteiger partial charge in [0.15, 0.2) is 0 Å². The first-order valence-electron chi connectivity index (χ1n) is 10.2. The summed E-state index contributed by atoms with van der Waals surface area (Å²) < 4.78 is 5.74. The summed E-state index contributed by atoms with van der Waals surface area (Å²) in [5.41, 5.74) is 2.93. The van der Waals surface area contributed by atoms with Crippen LogP contribution < -0.4 is 15.4 Å². The molecule has 0 saturated carbocycles. The van der Waals surface area contributed by atoms with Crippen molar-refractivity contribution in [1.29, 1.82) is 5.26 Å². The molecule has 0 bridgehead atoms. The standard InChI is InChI=1S/C26H25N3O2/c1-3-20-9-11-21(12-10-20)19(2)28-18-22(17-27)26(30)29-23-13-15-25(16-14-23)31-24-7-5-4-6-8-24/h4-16,18-19,28H,3H2,1-2H3,(H,29,30)/b22-18-. The van der Waals surface area contributed by atoms with Crippen LogP contribution in [-0.2, 0) is 11.2 Å². The highest BCUT2D eigenvalue weighted by molar-refractivity contribution is 6.06. The number of nitriles is 1. The Hall–Kier alpha value is -4.04. The third kappa shape index (κ3) is 6.22.